The van der Waals surface area contributed by atoms with Crippen molar-refractivity contribution in [2.75, 3.05) is 23.0 Å². The minimum absolute atomic E-state index is 0.0290. The fourth-order valence-electron chi connectivity index (χ4n) is 3.24. The van der Waals surface area contributed by atoms with Crippen molar-refractivity contribution in [3.8, 4) is 0 Å². The summed E-state index contributed by atoms with van der Waals surface area (Å²) in [7, 11) is 0. The molecular weight excluding hydrogens is 398 g/mol. The molecular formula is C23H27N3O3S. The number of anilines is 2. The van der Waals surface area contributed by atoms with E-state index in [9.17, 15) is 14.4 Å². The first-order chi connectivity index (χ1) is 14.4. The molecule has 2 aromatic rings. The van der Waals surface area contributed by atoms with E-state index in [0.29, 0.717) is 13.1 Å². The van der Waals surface area contributed by atoms with E-state index in [1.807, 2.05) is 68.6 Å². The second-order valence-electron chi connectivity index (χ2n) is 7.67. The SMILES string of the molecule is CSc1cccc(N2CC(C(=O)NCc3ccc(NC(=O)C(C)C)cc3)CC2=O)c1. The first-order valence-electron chi connectivity index (χ1n) is 9.99. The lowest BCUT2D eigenvalue weighted by atomic mass is 10.1. The summed E-state index contributed by atoms with van der Waals surface area (Å²) < 4.78 is 0. The second kappa shape index (κ2) is 9.80. The van der Waals surface area contributed by atoms with Gasteiger partial charge in [0.25, 0.3) is 0 Å². The van der Waals surface area contributed by atoms with E-state index in [2.05, 4.69) is 10.6 Å². The van der Waals surface area contributed by atoms with Gasteiger partial charge in [-0.1, -0.05) is 32.0 Å². The van der Waals surface area contributed by atoms with Crippen molar-refractivity contribution in [2.24, 2.45) is 11.8 Å². The third-order valence-electron chi connectivity index (χ3n) is 5.07. The highest BCUT2D eigenvalue weighted by Crippen LogP contribution is 2.28. The molecule has 158 valence electrons. The summed E-state index contributed by atoms with van der Waals surface area (Å²) in [4.78, 5) is 39.6. The van der Waals surface area contributed by atoms with Gasteiger partial charge < -0.3 is 15.5 Å². The number of nitrogens with zero attached hydrogens (tertiary/aromatic N) is 1. The van der Waals surface area contributed by atoms with Crippen LogP contribution >= 0.6 is 11.8 Å². The maximum Gasteiger partial charge on any atom is 0.227 e. The van der Waals surface area contributed by atoms with Crippen molar-refractivity contribution in [3.05, 3.63) is 54.1 Å². The number of nitrogens with one attached hydrogen (secondary N) is 2. The Balaban J connectivity index is 1.54. The van der Waals surface area contributed by atoms with Crippen LogP contribution in [-0.2, 0) is 20.9 Å². The number of hydrogen-bond donors (Lipinski definition) is 2. The van der Waals surface area contributed by atoms with Crippen molar-refractivity contribution in [2.45, 2.75) is 31.7 Å². The number of benzene rings is 2. The zero-order chi connectivity index (χ0) is 21.7. The molecule has 7 heteroatoms. The lowest BCUT2D eigenvalue weighted by Gasteiger charge is -2.17. The van der Waals surface area contributed by atoms with Crippen LogP contribution in [0.1, 0.15) is 25.8 Å². The van der Waals surface area contributed by atoms with Gasteiger partial charge in [-0.3, -0.25) is 14.4 Å². The molecule has 1 aliphatic heterocycles. The molecule has 3 rings (SSSR count). The van der Waals surface area contributed by atoms with Gasteiger partial charge in [0.05, 0.1) is 5.92 Å². The summed E-state index contributed by atoms with van der Waals surface area (Å²) in [5.41, 5.74) is 2.49. The van der Waals surface area contributed by atoms with Gasteiger partial charge in [-0.2, -0.15) is 0 Å². The van der Waals surface area contributed by atoms with E-state index in [4.69, 9.17) is 0 Å². The molecule has 0 aliphatic carbocycles. The lowest BCUT2D eigenvalue weighted by Crippen LogP contribution is -2.32. The predicted molar refractivity (Wildman–Crippen MR) is 120 cm³/mol. The third-order valence-corrected chi connectivity index (χ3v) is 5.80. The monoisotopic (exact) mass is 425 g/mol. The molecule has 0 saturated carbocycles. The van der Waals surface area contributed by atoms with Crippen molar-refractivity contribution >= 4 is 40.9 Å². The van der Waals surface area contributed by atoms with E-state index in [1.54, 1.807) is 16.7 Å². The number of amides is 3. The van der Waals surface area contributed by atoms with Gasteiger partial charge in [-0.25, -0.2) is 0 Å². The van der Waals surface area contributed by atoms with Crippen LogP contribution in [0.3, 0.4) is 0 Å². The second-order valence-corrected chi connectivity index (χ2v) is 8.55. The average molecular weight is 426 g/mol. The summed E-state index contributed by atoms with van der Waals surface area (Å²) >= 11 is 1.62. The summed E-state index contributed by atoms with van der Waals surface area (Å²) in [5.74, 6) is -0.627. The highest BCUT2D eigenvalue weighted by atomic mass is 32.2. The van der Waals surface area contributed by atoms with E-state index in [1.165, 1.54) is 0 Å². The molecule has 6 nitrogen and oxygen atoms in total. The molecule has 2 aromatic carbocycles. The Hall–Kier alpha value is -2.80. The van der Waals surface area contributed by atoms with Crippen LogP contribution in [0.25, 0.3) is 0 Å². The fourth-order valence-corrected chi connectivity index (χ4v) is 3.69. The third kappa shape index (κ3) is 5.42. The van der Waals surface area contributed by atoms with Crippen LogP contribution in [0.2, 0.25) is 0 Å². The van der Waals surface area contributed by atoms with Gasteiger partial charge in [0.15, 0.2) is 0 Å². The number of carbonyl (C=O) groups excluding carboxylic acids is 3. The van der Waals surface area contributed by atoms with Crippen LogP contribution in [-0.4, -0.2) is 30.5 Å². The van der Waals surface area contributed by atoms with E-state index < -0.39 is 0 Å². The molecule has 1 heterocycles. The maximum atomic E-state index is 12.6. The number of carbonyl (C=O) groups is 3. The molecule has 0 spiro atoms. The number of thioether (sulfide) groups is 1. The Kier molecular flexibility index (Phi) is 7.15. The van der Waals surface area contributed by atoms with Crippen LogP contribution < -0.4 is 15.5 Å². The predicted octanol–water partition coefficient (Wildman–Crippen LogP) is 3.67. The fraction of sp³-hybridized carbons (Fsp3) is 0.348. The van der Waals surface area contributed by atoms with Crippen molar-refractivity contribution in [1.29, 1.82) is 0 Å². The number of hydrogen-bond acceptors (Lipinski definition) is 4. The molecule has 2 N–H and O–H groups in total. The van der Waals surface area contributed by atoms with E-state index in [0.717, 1.165) is 21.8 Å². The highest BCUT2D eigenvalue weighted by molar-refractivity contribution is 7.98. The zero-order valence-corrected chi connectivity index (χ0v) is 18.3. The van der Waals surface area contributed by atoms with Crippen LogP contribution in [0.4, 0.5) is 11.4 Å². The average Bonchev–Trinajstić information content (AvgIpc) is 3.14. The van der Waals surface area contributed by atoms with Crippen LogP contribution in [0, 0.1) is 11.8 Å². The molecule has 0 aromatic heterocycles. The molecule has 1 saturated heterocycles. The Labute approximate surface area is 181 Å². The highest BCUT2D eigenvalue weighted by Gasteiger charge is 2.35. The summed E-state index contributed by atoms with van der Waals surface area (Å²) in [6.07, 6.45) is 2.21. The Morgan fingerprint density at radius 3 is 2.57 bits per heavy atom. The summed E-state index contributed by atoms with van der Waals surface area (Å²) in [6.45, 7) is 4.45. The molecule has 1 fully saturated rings. The zero-order valence-electron chi connectivity index (χ0n) is 17.5. The molecule has 30 heavy (non-hydrogen) atoms. The van der Waals surface area contributed by atoms with Gasteiger partial charge >= 0.3 is 0 Å². The normalized spacial score (nSPS) is 16.1. The van der Waals surface area contributed by atoms with Gasteiger partial charge in [0.1, 0.15) is 0 Å². The Morgan fingerprint density at radius 2 is 1.90 bits per heavy atom. The van der Waals surface area contributed by atoms with Crippen molar-refractivity contribution in [1.82, 2.24) is 5.32 Å². The Bertz CT molecular complexity index is 928. The summed E-state index contributed by atoms with van der Waals surface area (Å²) in [6, 6.07) is 15.2. The smallest absolute Gasteiger partial charge is 0.227 e. The van der Waals surface area contributed by atoms with Gasteiger partial charge in [0, 0.05) is 41.7 Å². The van der Waals surface area contributed by atoms with Gasteiger partial charge in [0.2, 0.25) is 17.7 Å². The van der Waals surface area contributed by atoms with E-state index >= 15 is 0 Å². The van der Waals surface area contributed by atoms with E-state index in [-0.39, 0.29) is 36.0 Å². The minimum Gasteiger partial charge on any atom is -0.352 e. The molecule has 1 unspecified atom stereocenters. The molecule has 1 atom stereocenters. The van der Waals surface area contributed by atoms with Gasteiger partial charge in [-0.05, 0) is 42.2 Å². The largest absolute Gasteiger partial charge is 0.352 e. The maximum absolute atomic E-state index is 12.6. The van der Waals surface area contributed by atoms with Crippen molar-refractivity contribution < 1.29 is 14.4 Å². The Morgan fingerprint density at radius 1 is 1.17 bits per heavy atom. The first kappa shape index (κ1) is 21.9. The molecule has 3 amide bonds. The molecule has 0 radical (unpaired) electrons. The van der Waals surface area contributed by atoms with Crippen molar-refractivity contribution in [3.63, 3.8) is 0 Å². The first-order valence-corrected chi connectivity index (χ1v) is 11.2. The molecule has 0 bridgehead atoms. The lowest BCUT2D eigenvalue weighted by molar-refractivity contribution is -0.126. The number of rotatable bonds is 7. The quantitative estimate of drug-likeness (QED) is 0.664. The van der Waals surface area contributed by atoms with Gasteiger partial charge in [-0.15, -0.1) is 11.8 Å². The summed E-state index contributed by atoms with van der Waals surface area (Å²) in [5, 5.41) is 5.77. The standard InChI is InChI=1S/C23H27N3O3S/c1-15(2)22(28)25-18-9-7-16(8-10-18)13-24-23(29)17-11-21(27)26(14-17)19-5-4-6-20(12-19)30-3/h4-10,12,15,17H,11,13-14H2,1-3H3,(H,24,29)(H,25,28). The van der Waals surface area contributed by atoms with Crippen LogP contribution in [0.5, 0.6) is 0 Å². The van der Waals surface area contributed by atoms with Crippen LogP contribution in [0.15, 0.2) is 53.4 Å². The topological polar surface area (TPSA) is 78.5 Å². The minimum atomic E-state index is -0.361. The molecule has 1 aliphatic rings.